The molecule has 2 rings (SSSR count). The van der Waals surface area contributed by atoms with Gasteiger partial charge >= 0.3 is 0 Å². The molecule has 1 saturated heterocycles. The maximum atomic E-state index is 5.66. The summed E-state index contributed by atoms with van der Waals surface area (Å²) in [6.07, 6.45) is 3.56. The van der Waals surface area contributed by atoms with Crippen molar-refractivity contribution in [2.45, 2.75) is 45.8 Å². The van der Waals surface area contributed by atoms with E-state index in [9.17, 15) is 0 Å². The smallest absolute Gasteiger partial charge is 0.191 e. The molecule has 0 bridgehead atoms. The van der Waals surface area contributed by atoms with Gasteiger partial charge in [0, 0.05) is 33.4 Å². The molecule has 24 heavy (non-hydrogen) atoms. The lowest BCUT2D eigenvalue weighted by molar-refractivity contribution is 0.0168. The highest BCUT2D eigenvalue weighted by atomic mass is 16.5. The second kappa shape index (κ2) is 10.3. The van der Waals surface area contributed by atoms with Crippen LogP contribution in [0.5, 0.6) is 0 Å². The van der Waals surface area contributed by atoms with Crippen molar-refractivity contribution in [3.05, 3.63) is 34.9 Å². The van der Waals surface area contributed by atoms with Crippen LogP contribution in [0, 0.1) is 13.8 Å². The van der Waals surface area contributed by atoms with E-state index in [-0.39, 0.29) is 0 Å². The standard InChI is InChI=1S/C19H31N3O2/c1-15-7-8-17(16(2)12-15)13-22-19(20-3)21-9-5-10-23-14-18-6-4-11-24-18/h7-8,12,18H,4-6,9-11,13-14H2,1-3H3,(H2,20,21,22). The molecule has 5 heteroatoms. The third-order valence-corrected chi connectivity index (χ3v) is 4.25. The van der Waals surface area contributed by atoms with Crippen LogP contribution in [0.4, 0.5) is 0 Å². The lowest BCUT2D eigenvalue weighted by atomic mass is 10.1. The predicted molar refractivity (Wildman–Crippen MR) is 98.5 cm³/mol. The van der Waals surface area contributed by atoms with Crippen molar-refractivity contribution in [1.29, 1.82) is 0 Å². The number of nitrogens with one attached hydrogen (secondary N) is 2. The van der Waals surface area contributed by atoms with Gasteiger partial charge in [-0.1, -0.05) is 23.8 Å². The van der Waals surface area contributed by atoms with Crippen molar-refractivity contribution in [3.63, 3.8) is 0 Å². The van der Waals surface area contributed by atoms with Crippen LogP contribution in [0.25, 0.3) is 0 Å². The third kappa shape index (κ3) is 6.49. The Morgan fingerprint density at radius 2 is 2.21 bits per heavy atom. The van der Waals surface area contributed by atoms with E-state index in [0.29, 0.717) is 6.10 Å². The van der Waals surface area contributed by atoms with Gasteiger partial charge in [-0.3, -0.25) is 4.99 Å². The summed E-state index contributed by atoms with van der Waals surface area (Å²) in [4.78, 5) is 4.26. The van der Waals surface area contributed by atoms with Gasteiger partial charge < -0.3 is 20.1 Å². The highest BCUT2D eigenvalue weighted by molar-refractivity contribution is 5.79. The summed E-state index contributed by atoms with van der Waals surface area (Å²) in [6.45, 7) is 8.25. The largest absolute Gasteiger partial charge is 0.379 e. The van der Waals surface area contributed by atoms with Crippen LogP contribution in [0.2, 0.25) is 0 Å². The minimum atomic E-state index is 0.310. The quantitative estimate of drug-likeness (QED) is 0.436. The van der Waals surface area contributed by atoms with E-state index >= 15 is 0 Å². The Labute approximate surface area is 145 Å². The van der Waals surface area contributed by atoms with Crippen molar-refractivity contribution >= 4 is 5.96 Å². The number of hydrogen-bond donors (Lipinski definition) is 2. The molecule has 1 aliphatic rings. The van der Waals surface area contributed by atoms with Gasteiger partial charge in [0.2, 0.25) is 0 Å². The van der Waals surface area contributed by atoms with E-state index in [0.717, 1.165) is 58.1 Å². The van der Waals surface area contributed by atoms with Crippen molar-refractivity contribution < 1.29 is 9.47 Å². The average Bonchev–Trinajstić information content (AvgIpc) is 3.08. The molecule has 0 spiro atoms. The van der Waals surface area contributed by atoms with Crippen LogP contribution in [0.15, 0.2) is 23.2 Å². The van der Waals surface area contributed by atoms with Gasteiger partial charge in [-0.25, -0.2) is 0 Å². The molecular weight excluding hydrogens is 302 g/mol. The Balaban J connectivity index is 1.58. The molecule has 1 aliphatic heterocycles. The lowest BCUT2D eigenvalue weighted by Crippen LogP contribution is -2.37. The zero-order valence-electron chi connectivity index (χ0n) is 15.2. The Bertz CT molecular complexity index is 525. The molecule has 1 aromatic rings. The second-order valence-electron chi connectivity index (χ2n) is 6.35. The maximum Gasteiger partial charge on any atom is 0.191 e. The molecule has 1 atom stereocenters. The number of rotatable bonds is 8. The number of aryl methyl sites for hydroxylation is 2. The molecule has 1 heterocycles. The predicted octanol–water partition coefficient (Wildman–Crippen LogP) is 2.55. The summed E-state index contributed by atoms with van der Waals surface area (Å²) in [5.74, 6) is 0.828. The van der Waals surface area contributed by atoms with Gasteiger partial charge in [0.1, 0.15) is 0 Å². The van der Waals surface area contributed by atoms with E-state index in [1.54, 1.807) is 7.05 Å². The lowest BCUT2D eigenvalue weighted by Gasteiger charge is -2.14. The topological polar surface area (TPSA) is 54.9 Å². The van der Waals surface area contributed by atoms with E-state index in [1.165, 1.54) is 16.7 Å². The number of guanidine groups is 1. The fourth-order valence-electron chi connectivity index (χ4n) is 2.82. The molecule has 1 aromatic carbocycles. The van der Waals surface area contributed by atoms with Gasteiger partial charge in [0.05, 0.1) is 12.7 Å². The summed E-state index contributed by atoms with van der Waals surface area (Å²) in [5.41, 5.74) is 3.89. The summed E-state index contributed by atoms with van der Waals surface area (Å²) in [5, 5.41) is 6.69. The molecular formula is C19H31N3O2. The number of nitrogens with zero attached hydrogens (tertiary/aromatic N) is 1. The monoisotopic (exact) mass is 333 g/mol. The first-order valence-electron chi connectivity index (χ1n) is 8.89. The highest BCUT2D eigenvalue weighted by Crippen LogP contribution is 2.12. The SMILES string of the molecule is CN=C(NCCCOCC1CCCO1)NCc1ccc(C)cc1C. The van der Waals surface area contributed by atoms with E-state index in [4.69, 9.17) is 9.47 Å². The van der Waals surface area contributed by atoms with E-state index in [1.807, 2.05) is 0 Å². The van der Waals surface area contributed by atoms with Crippen molar-refractivity contribution in [2.24, 2.45) is 4.99 Å². The van der Waals surface area contributed by atoms with Crippen LogP contribution in [-0.4, -0.2) is 45.5 Å². The van der Waals surface area contributed by atoms with Gasteiger partial charge in [-0.15, -0.1) is 0 Å². The average molecular weight is 333 g/mol. The molecule has 0 aliphatic carbocycles. The normalized spacial score (nSPS) is 18.0. The van der Waals surface area contributed by atoms with Crippen LogP contribution in [0.1, 0.15) is 36.0 Å². The molecule has 0 aromatic heterocycles. The molecule has 1 fully saturated rings. The first kappa shape index (κ1) is 18.7. The fraction of sp³-hybridized carbons (Fsp3) is 0.632. The van der Waals surface area contributed by atoms with Crippen LogP contribution < -0.4 is 10.6 Å². The van der Waals surface area contributed by atoms with Crippen molar-refractivity contribution in [2.75, 3.05) is 33.4 Å². The maximum absolute atomic E-state index is 5.66. The molecule has 2 N–H and O–H groups in total. The van der Waals surface area contributed by atoms with Crippen molar-refractivity contribution in [1.82, 2.24) is 10.6 Å². The van der Waals surface area contributed by atoms with Crippen LogP contribution in [-0.2, 0) is 16.0 Å². The first-order valence-corrected chi connectivity index (χ1v) is 8.89. The molecule has 134 valence electrons. The fourth-order valence-corrected chi connectivity index (χ4v) is 2.82. The van der Waals surface area contributed by atoms with Crippen LogP contribution >= 0.6 is 0 Å². The Morgan fingerprint density at radius 1 is 1.33 bits per heavy atom. The second-order valence-corrected chi connectivity index (χ2v) is 6.35. The molecule has 5 nitrogen and oxygen atoms in total. The first-order chi connectivity index (χ1) is 11.7. The Morgan fingerprint density at radius 3 is 2.92 bits per heavy atom. The molecule has 0 radical (unpaired) electrons. The number of hydrogen-bond acceptors (Lipinski definition) is 3. The third-order valence-electron chi connectivity index (χ3n) is 4.25. The summed E-state index contributed by atoms with van der Waals surface area (Å²) < 4.78 is 11.2. The van der Waals surface area contributed by atoms with E-state index < -0.39 is 0 Å². The highest BCUT2D eigenvalue weighted by Gasteiger charge is 2.14. The minimum Gasteiger partial charge on any atom is -0.379 e. The number of aliphatic imine (C=N–C) groups is 1. The van der Waals surface area contributed by atoms with Gasteiger partial charge in [-0.05, 0) is 44.2 Å². The number of ether oxygens (including phenoxy) is 2. The van der Waals surface area contributed by atoms with Gasteiger partial charge in [0.25, 0.3) is 0 Å². The van der Waals surface area contributed by atoms with Crippen LogP contribution in [0.3, 0.4) is 0 Å². The van der Waals surface area contributed by atoms with Gasteiger partial charge in [0.15, 0.2) is 5.96 Å². The summed E-state index contributed by atoms with van der Waals surface area (Å²) in [6, 6.07) is 6.52. The minimum absolute atomic E-state index is 0.310. The summed E-state index contributed by atoms with van der Waals surface area (Å²) in [7, 11) is 1.80. The summed E-state index contributed by atoms with van der Waals surface area (Å²) >= 11 is 0. The zero-order chi connectivity index (χ0) is 17.2. The zero-order valence-corrected chi connectivity index (χ0v) is 15.2. The molecule has 1 unspecified atom stereocenters. The molecule has 0 amide bonds. The Hall–Kier alpha value is -1.59. The number of benzene rings is 1. The molecule has 0 saturated carbocycles. The van der Waals surface area contributed by atoms with Crippen molar-refractivity contribution in [3.8, 4) is 0 Å². The Kier molecular flexibility index (Phi) is 8.05. The van der Waals surface area contributed by atoms with Gasteiger partial charge in [-0.2, -0.15) is 0 Å². The van der Waals surface area contributed by atoms with E-state index in [2.05, 4.69) is 47.7 Å².